The summed E-state index contributed by atoms with van der Waals surface area (Å²) < 4.78 is 0. The summed E-state index contributed by atoms with van der Waals surface area (Å²) in [5.74, 6) is 1.10. The summed E-state index contributed by atoms with van der Waals surface area (Å²) in [4.78, 5) is 14.1. The van der Waals surface area contributed by atoms with Crippen LogP contribution in [-0.4, -0.2) is 36.6 Å². The molecule has 0 saturated heterocycles. The number of aldehydes is 1. The average Bonchev–Trinajstić information content (AvgIpc) is 2.35. The smallest absolute Gasteiger partial charge is 0.150 e. The van der Waals surface area contributed by atoms with Crippen molar-refractivity contribution in [3.8, 4) is 0 Å². The standard InChI is InChI=1S/C13H19NOS/c1-3-14(4-2)9-10-16-13-7-5-12(11-15)6-8-13/h5-8,11H,3-4,9-10H2,1-2H3. The minimum absolute atomic E-state index is 0.744. The molecule has 1 aromatic rings. The molecular weight excluding hydrogens is 218 g/mol. The second kappa shape index (κ2) is 7.47. The van der Waals surface area contributed by atoms with E-state index in [2.05, 4.69) is 18.7 Å². The second-order valence-corrected chi connectivity index (χ2v) is 4.73. The first-order valence-corrected chi connectivity index (χ1v) is 6.69. The largest absolute Gasteiger partial charge is 0.303 e. The molecule has 16 heavy (non-hydrogen) atoms. The van der Waals surface area contributed by atoms with Crippen LogP contribution in [0.1, 0.15) is 24.2 Å². The highest BCUT2D eigenvalue weighted by Gasteiger charge is 1.99. The zero-order chi connectivity index (χ0) is 11.8. The number of rotatable bonds is 7. The molecule has 0 aliphatic carbocycles. The van der Waals surface area contributed by atoms with Gasteiger partial charge < -0.3 is 4.90 Å². The van der Waals surface area contributed by atoms with Crippen LogP contribution in [-0.2, 0) is 0 Å². The summed E-state index contributed by atoms with van der Waals surface area (Å²) in [6, 6.07) is 7.76. The van der Waals surface area contributed by atoms with E-state index in [4.69, 9.17) is 0 Å². The van der Waals surface area contributed by atoms with Gasteiger partial charge in [-0.2, -0.15) is 0 Å². The first kappa shape index (κ1) is 13.3. The molecule has 0 fully saturated rings. The molecule has 0 aliphatic rings. The van der Waals surface area contributed by atoms with Crippen molar-refractivity contribution >= 4 is 18.0 Å². The molecule has 0 atom stereocenters. The Labute approximate surface area is 102 Å². The molecule has 0 heterocycles. The van der Waals surface area contributed by atoms with Crippen molar-refractivity contribution in [2.24, 2.45) is 0 Å². The first-order valence-electron chi connectivity index (χ1n) is 5.70. The molecule has 3 heteroatoms. The van der Waals surface area contributed by atoms with Gasteiger partial charge in [0.05, 0.1) is 0 Å². The van der Waals surface area contributed by atoms with Crippen LogP contribution >= 0.6 is 11.8 Å². The van der Waals surface area contributed by atoms with Crippen molar-refractivity contribution in [1.29, 1.82) is 0 Å². The van der Waals surface area contributed by atoms with Crippen molar-refractivity contribution in [2.45, 2.75) is 18.7 Å². The van der Waals surface area contributed by atoms with E-state index in [9.17, 15) is 4.79 Å². The number of hydrogen-bond acceptors (Lipinski definition) is 3. The molecule has 2 nitrogen and oxygen atoms in total. The molecule has 1 rings (SSSR count). The number of thioether (sulfide) groups is 1. The summed E-state index contributed by atoms with van der Waals surface area (Å²) in [5, 5.41) is 0. The van der Waals surface area contributed by atoms with Crippen molar-refractivity contribution in [3.63, 3.8) is 0 Å². The highest BCUT2D eigenvalue weighted by atomic mass is 32.2. The number of carbonyl (C=O) groups is 1. The highest BCUT2D eigenvalue weighted by molar-refractivity contribution is 7.99. The van der Waals surface area contributed by atoms with Crippen LogP contribution in [0.5, 0.6) is 0 Å². The van der Waals surface area contributed by atoms with Gasteiger partial charge in [0.2, 0.25) is 0 Å². The van der Waals surface area contributed by atoms with Crippen molar-refractivity contribution < 1.29 is 4.79 Å². The van der Waals surface area contributed by atoms with Crippen LogP contribution in [0, 0.1) is 0 Å². The minimum atomic E-state index is 0.744. The fourth-order valence-corrected chi connectivity index (χ4v) is 2.39. The Morgan fingerprint density at radius 1 is 1.19 bits per heavy atom. The monoisotopic (exact) mass is 237 g/mol. The van der Waals surface area contributed by atoms with Crippen LogP contribution in [0.15, 0.2) is 29.2 Å². The average molecular weight is 237 g/mol. The molecule has 1 aromatic carbocycles. The molecule has 0 saturated carbocycles. The molecule has 0 radical (unpaired) electrons. The Balaban J connectivity index is 2.34. The summed E-state index contributed by atoms with van der Waals surface area (Å²) >= 11 is 1.84. The third kappa shape index (κ3) is 4.37. The normalized spacial score (nSPS) is 10.7. The molecule has 88 valence electrons. The van der Waals surface area contributed by atoms with Gasteiger partial charge in [0.15, 0.2) is 0 Å². The van der Waals surface area contributed by atoms with Gasteiger partial charge in [-0.1, -0.05) is 26.0 Å². The van der Waals surface area contributed by atoms with Gasteiger partial charge in [-0.15, -0.1) is 11.8 Å². The third-order valence-electron chi connectivity index (χ3n) is 2.59. The summed E-state index contributed by atoms with van der Waals surface area (Å²) in [5.41, 5.74) is 0.744. The van der Waals surface area contributed by atoms with Crippen LogP contribution < -0.4 is 0 Å². The lowest BCUT2D eigenvalue weighted by Crippen LogP contribution is -2.25. The number of hydrogen-bond donors (Lipinski definition) is 0. The lowest BCUT2D eigenvalue weighted by Gasteiger charge is -2.17. The summed E-state index contributed by atoms with van der Waals surface area (Å²) in [6.45, 7) is 7.72. The lowest BCUT2D eigenvalue weighted by molar-refractivity contribution is 0.112. The van der Waals surface area contributed by atoms with E-state index in [0.717, 1.165) is 37.2 Å². The van der Waals surface area contributed by atoms with E-state index in [1.54, 1.807) is 0 Å². The topological polar surface area (TPSA) is 20.3 Å². The number of benzene rings is 1. The molecule has 0 N–H and O–H groups in total. The van der Waals surface area contributed by atoms with Crippen molar-refractivity contribution in [3.05, 3.63) is 29.8 Å². The fourth-order valence-electron chi connectivity index (χ4n) is 1.48. The number of carbonyl (C=O) groups excluding carboxylic acids is 1. The van der Waals surface area contributed by atoms with E-state index in [1.807, 2.05) is 36.0 Å². The molecule has 0 bridgehead atoms. The van der Waals surface area contributed by atoms with E-state index in [1.165, 1.54) is 4.90 Å². The Morgan fingerprint density at radius 2 is 1.81 bits per heavy atom. The fraction of sp³-hybridized carbons (Fsp3) is 0.462. The second-order valence-electron chi connectivity index (χ2n) is 3.56. The van der Waals surface area contributed by atoms with Crippen LogP contribution in [0.4, 0.5) is 0 Å². The molecule has 0 unspecified atom stereocenters. The van der Waals surface area contributed by atoms with Crippen LogP contribution in [0.3, 0.4) is 0 Å². The molecule has 0 aromatic heterocycles. The van der Waals surface area contributed by atoms with Gasteiger partial charge in [0.25, 0.3) is 0 Å². The molecule has 0 aliphatic heterocycles. The highest BCUT2D eigenvalue weighted by Crippen LogP contribution is 2.17. The van der Waals surface area contributed by atoms with Crippen molar-refractivity contribution in [2.75, 3.05) is 25.4 Å². The summed E-state index contributed by atoms with van der Waals surface area (Å²) in [6.07, 6.45) is 0.879. The zero-order valence-electron chi connectivity index (χ0n) is 9.98. The van der Waals surface area contributed by atoms with E-state index in [-0.39, 0.29) is 0 Å². The maximum atomic E-state index is 10.5. The Hall–Kier alpha value is -0.800. The van der Waals surface area contributed by atoms with Gasteiger partial charge in [-0.25, -0.2) is 0 Å². The van der Waals surface area contributed by atoms with Gasteiger partial charge in [0, 0.05) is 22.8 Å². The lowest BCUT2D eigenvalue weighted by atomic mass is 10.2. The molecular formula is C13H19NOS. The maximum Gasteiger partial charge on any atom is 0.150 e. The van der Waals surface area contributed by atoms with Crippen molar-refractivity contribution in [1.82, 2.24) is 4.90 Å². The van der Waals surface area contributed by atoms with Crippen LogP contribution in [0.2, 0.25) is 0 Å². The van der Waals surface area contributed by atoms with Gasteiger partial charge in [-0.05, 0) is 25.2 Å². The van der Waals surface area contributed by atoms with Gasteiger partial charge in [0.1, 0.15) is 6.29 Å². The quantitative estimate of drug-likeness (QED) is 0.537. The maximum absolute atomic E-state index is 10.5. The van der Waals surface area contributed by atoms with E-state index < -0.39 is 0 Å². The minimum Gasteiger partial charge on any atom is -0.303 e. The van der Waals surface area contributed by atoms with Gasteiger partial charge >= 0.3 is 0 Å². The Bertz CT molecular complexity index is 306. The summed E-state index contributed by atoms with van der Waals surface area (Å²) in [7, 11) is 0. The van der Waals surface area contributed by atoms with Crippen LogP contribution in [0.25, 0.3) is 0 Å². The first-order chi connectivity index (χ1) is 7.80. The zero-order valence-corrected chi connectivity index (χ0v) is 10.8. The SMILES string of the molecule is CCN(CC)CCSc1ccc(C=O)cc1. The molecule has 0 amide bonds. The Kier molecular flexibility index (Phi) is 6.19. The third-order valence-corrected chi connectivity index (χ3v) is 3.58. The molecule has 0 spiro atoms. The number of nitrogens with zero attached hydrogens (tertiary/aromatic N) is 1. The predicted molar refractivity (Wildman–Crippen MR) is 70.3 cm³/mol. The predicted octanol–water partition coefficient (Wildman–Crippen LogP) is 2.93. The Morgan fingerprint density at radius 3 is 2.31 bits per heavy atom. The van der Waals surface area contributed by atoms with E-state index >= 15 is 0 Å². The van der Waals surface area contributed by atoms with Gasteiger partial charge in [-0.3, -0.25) is 4.79 Å². The van der Waals surface area contributed by atoms with E-state index in [0.29, 0.717) is 0 Å².